The van der Waals surface area contributed by atoms with Gasteiger partial charge in [0.15, 0.2) is 0 Å². The lowest BCUT2D eigenvalue weighted by molar-refractivity contribution is -0.123. The summed E-state index contributed by atoms with van der Waals surface area (Å²) in [6.07, 6.45) is 0. The van der Waals surface area contributed by atoms with Crippen molar-refractivity contribution in [3.63, 3.8) is 0 Å². The van der Waals surface area contributed by atoms with E-state index in [0.29, 0.717) is 4.83 Å². The standard InChI is InChI=1S/C14H16BrNO2S/c1-14(2)12(15)10-11(19-14)13(17)16(10)8-4-6-9(18-3)7-5-8/h4-7,10-12H,1-3H3/t10-,11-,12+/m0/s1. The fraction of sp³-hybridized carbons (Fsp3) is 0.500. The van der Waals surface area contributed by atoms with Crippen LogP contribution in [0.15, 0.2) is 24.3 Å². The number of thioether (sulfide) groups is 1. The maximum Gasteiger partial charge on any atom is 0.242 e. The Morgan fingerprint density at radius 1 is 1.32 bits per heavy atom. The maximum absolute atomic E-state index is 12.3. The number of nitrogens with zero attached hydrogens (tertiary/aromatic N) is 1. The van der Waals surface area contributed by atoms with Crippen LogP contribution >= 0.6 is 27.7 Å². The number of carbonyl (C=O) groups excluding carboxylic acids is 1. The SMILES string of the molecule is COc1ccc(N2C(=O)[C@H]3SC(C)(C)[C@H](Br)[C@H]32)cc1. The van der Waals surface area contributed by atoms with Gasteiger partial charge in [-0.05, 0) is 38.1 Å². The molecular formula is C14H16BrNO2S. The highest BCUT2D eigenvalue weighted by atomic mass is 79.9. The number of benzene rings is 1. The average molecular weight is 342 g/mol. The van der Waals surface area contributed by atoms with E-state index in [2.05, 4.69) is 29.8 Å². The minimum Gasteiger partial charge on any atom is -0.497 e. The molecule has 0 N–H and O–H groups in total. The number of halogens is 1. The molecule has 0 bridgehead atoms. The molecule has 0 aromatic heterocycles. The van der Waals surface area contributed by atoms with Crippen LogP contribution in [0.5, 0.6) is 5.75 Å². The molecule has 0 saturated carbocycles. The smallest absolute Gasteiger partial charge is 0.242 e. The summed E-state index contributed by atoms with van der Waals surface area (Å²) in [5.41, 5.74) is 0.954. The highest BCUT2D eigenvalue weighted by molar-refractivity contribution is 9.09. The van der Waals surface area contributed by atoms with Gasteiger partial charge in [0.25, 0.3) is 0 Å². The lowest BCUT2D eigenvalue weighted by Crippen LogP contribution is -2.64. The Morgan fingerprint density at radius 3 is 2.53 bits per heavy atom. The van der Waals surface area contributed by atoms with Crippen molar-refractivity contribution < 1.29 is 9.53 Å². The summed E-state index contributed by atoms with van der Waals surface area (Å²) in [6.45, 7) is 4.38. The Morgan fingerprint density at radius 2 is 1.95 bits per heavy atom. The van der Waals surface area contributed by atoms with E-state index < -0.39 is 0 Å². The van der Waals surface area contributed by atoms with Crippen molar-refractivity contribution in [3.05, 3.63) is 24.3 Å². The van der Waals surface area contributed by atoms with E-state index in [4.69, 9.17) is 4.74 Å². The second kappa shape index (κ2) is 4.42. The molecule has 5 heteroatoms. The summed E-state index contributed by atoms with van der Waals surface area (Å²) in [4.78, 5) is 14.5. The maximum atomic E-state index is 12.3. The number of β-lactam (4-membered cyclic amide) rings is 1. The third-order valence-electron chi connectivity index (χ3n) is 3.83. The summed E-state index contributed by atoms with van der Waals surface area (Å²) in [6, 6.07) is 7.94. The molecule has 0 unspecified atom stereocenters. The molecule has 2 aliphatic heterocycles. The molecule has 0 aliphatic carbocycles. The average Bonchev–Trinajstić information content (AvgIpc) is 2.60. The van der Waals surface area contributed by atoms with Crippen molar-refractivity contribution in [1.29, 1.82) is 0 Å². The molecule has 2 heterocycles. The third-order valence-corrected chi connectivity index (χ3v) is 7.42. The topological polar surface area (TPSA) is 29.5 Å². The second-order valence-electron chi connectivity index (χ2n) is 5.44. The molecule has 3 nitrogen and oxygen atoms in total. The molecule has 0 radical (unpaired) electrons. The van der Waals surface area contributed by atoms with Crippen molar-refractivity contribution in [2.45, 2.75) is 34.7 Å². The lowest BCUT2D eigenvalue weighted by Gasteiger charge is -2.44. The van der Waals surface area contributed by atoms with Crippen LogP contribution in [0, 0.1) is 0 Å². The molecule has 19 heavy (non-hydrogen) atoms. The highest BCUT2D eigenvalue weighted by Gasteiger charge is 2.61. The lowest BCUT2D eigenvalue weighted by atomic mass is 9.91. The molecule has 2 fully saturated rings. The number of hydrogen-bond donors (Lipinski definition) is 0. The first-order valence-electron chi connectivity index (χ1n) is 6.25. The molecule has 2 aliphatic rings. The van der Waals surface area contributed by atoms with E-state index >= 15 is 0 Å². The van der Waals surface area contributed by atoms with Gasteiger partial charge in [-0.25, -0.2) is 0 Å². The number of amides is 1. The van der Waals surface area contributed by atoms with Gasteiger partial charge in [0.2, 0.25) is 5.91 Å². The van der Waals surface area contributed by atoms with Gasteiger partial charge in [-0.1, -0.05) is 15.9 Å². The van der Waals surface area contributed by atoms with Crippen molar-refractivity contribution in [2.24, 2.45) is 0 Å². The van der Waals surface area contributed by atoms with Crippen LogP contribution in [0.1, 0.15) is 13.8 Å². The zero-order valence-corrected chi connectivity index (χ0v) is 13.5. The summed E-state index contributed by atoms with van der Waals surface area (Å²) in [5.74, 6) is 1.03. The Balaban J connectivity index is 1.88. The van der Waals surface area contributed by atoms with Crippen LogP contribution in [0.2, 0.25) is 0 Å². The Kier molecular flexibility index (Phi) is 3.09. The number of rotatable bonds is 2. The van der Waals surface area contributed by atoms with Crippen LogP contribution < -0.4 is 9.64 Å². The molecular weight excluding hydrogens is 326 g/mol. The quantitative estimate of drug-likeness (QED) is 0.611. The van der Waals surface area contributed by atoms with Crippen LogP contribution in [-0.4, -0.2) is 33.9 Å². The summed E-state index contributed by atoms with van der Waals surface area (Å²) in [5, 5.41) is 0.0986. The zero-order chi connectivity index (χ0) is 13.8. The minimum atomic E-state index is 0.0895. The Labute approximate surface area is 125 Å². The van der Waals surface area contributed by atoms with E-state index in [1.807, 2.05) is 29.2 Å². The molecule has 3 atom stereocenters. The summed E-state index contributed by atoms with van der Waals surface area (Å²) < 4.78 is 5.24. The van der Waals surface area contributed by atoms with E-state index in [9.17, 15) is 4.79 Å². The predicted molar refractivity (Wildman–Crippen MR) is 82.4 cm³/mol. The van der Waals surface area contributed by atoms with Gasteiger partial charge >= 0.3 is 0 Å². The van der Waals surface area contributed by atoms with Gasteiger partial charge in [0.05, 0.1) is 18.0 Å². The molecule has 3 rings (SSSR count). The van der Waals surface area contributed by atoms with E-state index in [1.165, 1.54) is 0 Å². The second-order valence-corrected chi connectivity index (χ2v) is 8.22. The van der Waals surface area contributed by atoms with Gasteiger partial charge in [0, 0.05) is 10.4 Å². The number of methoxy groups -OCH3 is 1. The molecule has 0 spiro atoms. The van der Waals surface area contributed by atoms with Crippen LogP contribution in [0.3, 0.4) is 0 Å². The number of anilines is 1. The summed E-state index contributed by atoms with van der Waals surface area (Å²) >= 11 is 5.55. The third kappa shape index (κ3) is 1.89. The monoisotopic (exact) mass is 341 g/mol. The normalized spacial score (nSPS) is 31.9. The first kappa shape index (κ1) is 13.3. The van der Waals surface area contributed by atoms with Crippen LogP contribution in [-0.2, 0) is 4.79 Å². The molecule has 2 saturated heterocycles. The van der Waals surface area contributed by atoms with Crippen molar-refractivity contribution in [3.8, 4) is 5.75 Å². The van der Waals surface area contributed by atoms with Crippen molar-refractivity contribution in [2.75, 3.05) is 12.0 Å². The minimum absolute atomic E-state index is 0.0895. The number of ether oxygens (including phenoxy) is 1. The number of carbonyl (C=O) groups is 1. The van der Waals surface area contributed by atoms with E-state index in [0.717, 1.165) is 11.4 Å². The van der Waals surface area contributed by atoms with Gasteiger partial charge in [-0.15, -0.1) is 11.8 Å². The highest BCUT2D eigenvalue weighted by Crippen LogP contribution is 2.54. The van der Waals surface area contributed by atoms with Crippen molar-refractivity contribution in [1.82, 2.24) is 0 Å². The van der Waals surface area contributed by atoms with Gasteiger partial charge in [0.1, 0.15) is 11.0 Å². The predicted octanol–water partition coefficient (Wildman–Crippen LogP) is 3.07. The fourth-order valence-electron chi connectivity index (χ4n) is 2.73. The first-order chi connectivity index (χ1) is 8.95. The molecule has 1 aromatic rings. The van der Waals surface area contributed by atoms with E-state index in [-0.39, 0.29) is 21.9 Å². The number of fused-ring (bicyclic) bond motifs is 1. The van der Waals surface area contributed by atoms with Gasteiger partial charge in [-0.2, -0.15) is 0 Å². The van der Waals surface area contributed by atoms with E-state index in [1.54, 1.807) is 18.9 Å². The largest absolute Gasteiger partial charge is 0.497 e. The fourth-order valence-corrected chi connectivity index (χ4v) is 5.36. The Hall–Kier alpha value is -0.680. The van der Waals surface area contributed by atoms with Crippen LogP contribution in [0.4, 0.5) is 5.69 Å². The van der Waals surface area contributed by atoms with Gasteiger partial charge < -0.3 is 9.64 Å². The number of alkyl halides is 1. The Bertz CT molecular complexity index is 517. The molecule has 1 amide bonds. The first-order valence-corrected chi connectivity index (χ1v) is 8.04. The van der Waals surface area contributed by atoms with Gasteiger partial charge in [-0.3, -0.25) is 4.79 Å². The van der Waals surface area contributed by atoms with Crippen molar-refractivity contribution >= 4 is 39.3 Å². The zero-order valence-electron chi connectivity index (χ0n) is 11.1. The molecule has 102 valence electrons. The van der Waals surface area contributed by atoms with Crippen LogP contribution in [0.25, 0.3) is 0 Å². The summed E-state index contributed by atoms with van der Waals surface area (Å²) in [7, 11) is 1.64. The molecule has 1 aromatic carbocycles. The number of hydrogen-bond acceptors (Lipinski definition) is 3.